The zero-order valence-electron chi connectivity index (χ0n) is 11.4. The fraction of sp³-hybridized carbons (Fsp3) is 0.571. The van der Waals surface area contributed by atoms with Crippen molar-refractivity contribution in [3.63, 3.8) is 0 Å². The number of carbonyl (C=O) groups is 2. The van der Waals surface area contributed by atoms with Crippen LogP contribution in [-0.4, -0.2) is 35.5 Å². The van der Waals surface area contributed by atoms with Crippen LogP contribution in [0.5, 0.6) is 0 Å². The maximum Gasteiger partial charge on any atom is 0.308 e. The van der Waals surface area contributed by atoms with Gasteiger partial charge in [-0.1, -0.05) is 6.92 Å². The molecule has 0 radical (unpaired) electrons. The highest BCUT2D eigenvalue weighted by Gasteiger charge is 2.46. The quantitative estimate of drug-likeness (QED) is 0.901. The Kier molecular flexibility index (Phi) is 3.94. The molecule has 1 aliphatic carbocycles. The van der Waals surface area contributed by atoms with Crippen LogP contribution < -0.4 is 0 Å². The molecule has 4 nitrogen and oxygen atoms in total. The number of aryl methyl sites for hydroxylation is 1. The highest BCUT2D eigenvalue weighted by Crippen LogP contribution is 2.51. The maximum absolute atomic E-state index is 12.2. The Morgan fingerprint density at radius 3 is 2.79 bits per heavy atom. The van der Waals surface area contributed by atoms with Gasteiger partial charge in [-0.05, 0) is 30.4 Å². The molecule has 1 aromatic rings. The lowest BCUT2D eigenvalue weighted by molar-refractivity contribution is -0.142. The summed E-state index contributed by atoms with van der Waals surface area (Å²) in [6.45, 7) is 3.97. The number of hydrogen-bond acceptors (Lipinski definition) is 3. The van der Waals surface area contributed by atoms with Crippen LogP contribution >= 0.6 is 11.3 Å². The molecule has 3 atom stereocenters. The average molecular weight is 281 g/mol. The molecule has 1 aliphatic rings. The molecule has 1 saturated carbocycles. The van der Waals surface area contributed by atoms with E-state index in [1.165, 1.54) is 10.4 Å². The summed E-state index contributed by atoms with van der Waals surface area (Å²) in [5.41, 5.74) is 1.26. The van der Waals surface area contributed by atoms with Gasteiger partial charge in [0.05, 0.1) is 5.92 Å². The van der Waals surface area contributed by atoms with E-state index in [2.05, 4.69) is 18.4 Å². The first-order valence-corrected chi connectivity index (χ1v) is 7.31. The number of hydrogen-bond donors (Lipinski definition) is 1. The van der Waals surface area contributed by atoms with Crippen LogP contribution in [0.1, 0.15) is 29.7 Å². The van der Waals surface area contributed by atoms with Gasteiger partial charge >= 0.3 is 5.97 Å². The summed E-state index contributed by atoms with van der Waals surface area (Å²) in [7, 11) is 1.69. The molecule has 0 saturated heterocycles. The fourth-order valence-electron chi connectivity index (χ4n) is 2.38. The molecule has 2 rings (SSSR count). The molecule has 0 aliphatic heterocycles. The molecule has 104 valence electrons. The number of carboxylic acids is 1. The third kappa shape index (κ3) is 2.97. The van der Waals surface area contributed by atoms with Crippen LogP contribution in [0.15, 0.2) is 11.4 Å². The van der Waals surface area contributed by atoms with E-state index in [0.717, 1.165) is 6.42 Å². The predicted octanol–water partition coefficient (Wildman–Crippen LogP) is 2.34. The summed E-state index contributed by atoms with van der Waals surface area (Å²) in [5, 5.41) is 10.9. The topological polar surface area (TPSA) is 57.6 Å². The summed E-state index contributed by atoms with van der Waals surface area (Å²) in [5.74, 6) is -0.917. The van der Waals surface area contributed by atoms with Crippen molar-refractivity contribution in [3.8, 4) is 0 Å². The minimum absolute atomic E-state index is 0.0448. The van der Waals surface area contributed by atoms with Crippen molar-refractivity contribution < 1.29 is 14.7 Å². The van der Waals surface area contributed by atoms with Crippen molar-refractivity contribution in [2.75, 3.05) is 13.6 Å². The lowest BCUT2D eigenvalue weighted by Crippen LogP contribution is -2.34. The first-order valence-electron chi connectivity index (χ1n) is 6.43. The Hall–Kier alpha value is -1.36. The first kappa shape index (κ1) is 14.1. The van der Waals surface area contributed by atoms with Gasteiger partial charge in [-0.25, -0.2) is 0 Å². The van der Waals surface area contributed by atoms with Crippen LogP contribution in [0, 0.1) is 18.8 Å². The molecule has 0 bridgehead atoms. The van der Waals surface area contributed by atoms with Gasteiger partial charge in [0.25, 0.3) is 0 Å². The second-order valence-corrected chi connectivity index (χ2v) is 6.32. The average Bonchev–Trinajstić information content (AvgIpc) is 3.03. The van der Waals surface area contributed by atoms with Crippen molar-refractivity contribution >= 4 is 23.2 Å². The number of aliphatic carboxylic acids is 1. The molecule has 1 fully saturated rings. The third-order valence-electron chi connectivity index (χ3n) is 3.69. The van der Waals surface area contributed by atoms with E-state index in [-0.39, 0.29) is 18.4 Å². The van der Waals surface area contributed by atoms with E-state index >= 15 is 0 Å². The molecule has 19 heavy (non-hydrogen) atoms. The number of carbonyl (C=O) groups excluding carboxylic acids is 1. The maximum atomic E-state index is 12.2. The first-order chi connectivity index (χ1) is 8.91. The van der Waals surface area contributed by atoms with Crippen molar-refractivity contribution in [1.82, 2.24) is 4.90 Å². The molecule has 0 spiro atoms. The summed E-state index contributed by atoms with van der Waals surface area (Å²) in [6.07, 6.45) is 0.895. The molecule has 5 heteroatoms. The van der Waals surface area contributed by atoms with Crippen LogP contribution in [0.2, 0.25) is 0 Å². The minimum Gasteiger partial charge on any atom is -0.481 e. The van der Waals surface area contributed by atoms with E-state index < -0.39 is 11.9 Å². The van der Waals surface area contributed by atoms with Crippen LogP contribution in [0.25, 0.3) is 0 Å². The lowest BCUT2D eigenvalue weighted by Gasteiger charge is -2.19. The molecule has 0 aromatic carbocycles. The zero-order chi connectivity index (χ0) is 14.2. The van der Waals surface area contributed by atoms with E-state index in [0.29, 0.717) is 5.92 Å². The van der Waals surface area contributed by atoms with Gasteiger partial charge in [0, 0.05) is 30.3 Å². The van der Waals surface area contributed by atoms with Crippen molar-refractivity contribution in [1.29, 1.82) is 0 Å². The molecule has 1 aromatic heterocycles. The third-order valence-corrected chi connectivity index (χ3v) is 4.84. The molecular formula is C14H19NO3S. The fourth-order valence-corrected chi connectivity index (χ4v) is 3.49. The smallest absolute Gasteiger partial charge is 0.308 e. The van der Waals surface area contributed by atoms with Gasteiger partial charge in [0.1, 0.15) is 0 Å². The number of thiophene rings is 1. The summed E-state index contributed by atoms with van der Waals surface area (Å²) in [4.78, 5) is 25.9. The van der Waals surface area contributed by atoms with Crippen LogP contribution in [-0.2, 0) is 9.59 Å². The lowest BCUT2D eigenvalue weighted by atomic mass is 10.1. The highest BCUT2D eigenvalue weighted by atomic mass is 32.1. The Labute approximate surface area is 117 Å². The van der Waals surface area contributed by atoms with Crippen LogP contribution in [0.4, 0.5) is 0 Å². The minimum atomic E-state index is -0.860. The second-order valence-electron chi connectivity index (χ2n) is 5.37. The summed E-state index contributed by atoms with van der Waals surface area (Å²) < 4.78 is 0. The zero-order valence-corrected chi connectivity index (χ0v) is 12.2. The summed E-state index contributed by atoms with van der Waals surface area (Å²) >= 11 is 1.71. The van der Waals surface area contributed by atoms with Gasteiger partial charge in [-0.2, -0.15) is 0 Å². The highest BCUT2D eigenvalue weighted by molar-refractivity contribution is 7.10. The molecule has 1 heterocycles. The monoisotopic (exact) mass is 281 g/mol. The Bertz CT molecular complexity index is 497. The molecule has 1 amide bonds. The van der Waals surface area contributed by atoms with E-state index in [4.69, 9.17) is 5.11 Å². The van der Waals surface area contributed by atoms with Gasteiger partial charge < -0.3 is 10.0 Å². The predicted molar refractivity (Wildman–Crippen MR) is 74.3 cm³/mol. The largest absolute Gasteiger partial charge is 0.481 e. The number of rotatable bonds is 5. The standard InChI is InChI=1S/C14H19NO3S/c1-8-4-5-19-12(8)10-6-11(10)13(16)15(3)7-9(2)14(17)18/h4-5,9-11H,6-7H2,1-3H3,(H,17,18). The Balaban J connectivity index is 1.92. The number of carboxylic acid groups (broad SMARTS) is 1. The van der Waals surface area contributed by atoms with E-state index in [1.54, 1.807) is 30.2 Å². The van der Waals surface area contributed by atoms with Gasteiger partial charge in [0.15, 0.2) is 0 Å². The second kappa shape index (κ2) is 5.33. The van der Waals surface area contributed by atoms with E-state index in [1.807, 2.05) is 0 Å². The molecular weight excluding hydrogens is 262 g/mol. The van der Waals surface area contributed by atoms with Crippen LogP contribution in [0.3, 0.4) is 0 Å². The Morgan fingerprint density at radius 1 is 1.58 bits per heavy atom. The molecule has 1 N–H and O–H groups in total. The van der Waals surface area contributed by atoms with Gasteiger partial charge in [-0.3, -0.25) is 9.59 Å². The SMILES string of the molecule is Cc1ccsc1C1CC1C(=O)N(C)CC(C)C(=O)O. The van der Waals surface area contributed by atoms with Crippen molar-refractivity contribution in [2.45, 2.75) is 26.2 Å². The van der Waals surface area contributed by atoms with Crippen molar-refractivity contribution in [2.24, 2.45) is 11.8 Å². The summed E-state index contributed by atoms with van der Waals surface area (Å²) in [6, 6.07) is 2.08. The molecule has 3 unspecified atom stereocenters. The normalized spacial score (nSPS) is 22.9. The van der Waals surface area contributed by atoms with Gasteiger partial charge in [0.2, 0.25) is 5.91 Å². The number of amides is 1. The number of nitrogens with zero attached hydrogens (tertiary/aromatic N) is 1. The van der Waals surface area contributed by atoms with E-state index in [9.17, 15) is 9.59 Å². The van der Waals surface area contributed by atoms with Gasteiger partial charge in [-0.15, -0.1) is 11.3 Å². The van der Waals surface area contributed by atoms with Crippen molar-refractivity contribution in [3.05, 3.63) is 21.9 Å². The Morgan fingerprint density at radius 2 is 2.26 bits per heavy atom.